The number of aromatic hydroxyl groups is 1. The first-order valence-electron chi connectivity index (χ1n) is 6.87. The van der Waals surface area contributed by atoms with E-state index in [1.807, 2.05) is 26.0 Å². The number of hydrogen-bond acceptors (Lipinski definition) is 4. The molecule has 2 heterocycles. The van der Waals surface area contributed by atoms with Crippen LogP contribution in [-0.4, -0.2) is 26.2 Å². The molecule has 7 heteroatoms. The number of azo groups is 1. The lowest BCUT2D eigenvalue weighted by Crippen LogP contribution is -1.93. The SMILES string of the molecule is CC(C)c1cc(C(=O)N=Nc2c(O)[nH]c3ccccc23)n[nH]1. The number of aromatic nitrogens is 3. The van der Waals surface area contributed by atoms with Crippen molar-refractivity contribution in [2.24, 2.45) is 10.2 Å². The van der Waals surface area contributed by atoms with Gasteiger partial charge in [-0.15, -0.1) is 10.2 Å². The van der Waals surface area contributed by atoms with E-state index in [9.17, 15) is 9.90 Å². The number of nitrogens with one attached hydrogen (secondary N) is 2. The van der Waals surface area contributed by atoms with Crippen molar-refractivity contribution in [3.63, 3.8) is 0 Å². The van der Waals surface area contributed by atoms with Crippen LogP contribution in [0.5, 0.6) is 5.88 Å². The molecule has 2 aromatic heterocycles. The molecule has 0 aliphatic carbocycles. The standard InChI is InChI=1S/C15H15N5O2/c1-8(2)11-7-12(18-17-11)14(21)20-19-13-9-5-3-4-6-10(9)16-15(13)22/h3-8,16,22H,1-2H3,(H,17,18). The maximum Gasteiger partial charge on any atom is 0.315 e. The number of carbonyl (C=O) groups is 1. The average Bonchev–Trinajstić information content (AvgIpc) is 3.09. The highest BCUT2D eigenvalue weighted by molar-refractivity contribution is 5.96. The van der Waals surface area contributed by atoms with Crippen LogP contribution in [0, 0.1) is 0 Å². The van der Waals surface area contributed by atoms with Crippen molar-refractivity contribution in [2.75, 3.05) is 0 Å². The number of carbonyl (C=O) groups excluding carboxylic acids is 1. The molecule has 0 atom stereocenters. The first kappa shape index (κ1) is 14.0. The lowest BCUT2D eigenvalue weighted by molar-refractivity contribution is 0.0990. The molecule has 0 radical (unpaired) electrons. The molecule has 112 valence electrons. The second-order valence-corrected chi connectivity index (χ2v) is 5.24. The van der Waals surface area contributed by atoms with E-state index in [0.29, 0.717) is 5.39 Å². The number of nitrogens with zero attached hydrogens (tertiary/aromatic N) is 3. The summed E-state index contributed by atoms with van der Waals surface area (Å²) >= 11 is 0. The Morgan fingerprint density at radius 1 is 1.32 bits per heavy atom. The van der Waals surface area contributed by atoms with Gasteiger partial charge >= 0.3 is 5.91 Å². The van der Waals surface area contributed by atoms with E-state index in [1.165, 1.54) is 0 Å². The maximum atomic E-state index is 12.0. The van der Waals surface area contributed by atoms with Crippen LogP contribution in [-0.2, 0) is 0 Å². The molecule has 3 aromatic rings. The highest BCUT2D eigenvalue weighted by Crippen LogP contribution is 2.35. The Kier molecular flexibility index (Phi) is 3.46. The number of aromatic amines is 2. The van der Waals surface area contributed by atoms with Crippen LogP contribution in [0.1, 0.15) is 35.9 Å². The van der Waals surface area contributed by atoms with Gasteiger partial charge in [0.05, 0.1) is 5.52 Å². The van der Waals surface area contributed by atoms with Gasteiger partial charge < -0.3 is 10.1 Å². The van der Waals surface area contributed by atoms with Gasteiger partial charge in [0.2, 0.25) is 5.88 Å². The summed E-state index contributed by atoms with van der Waals surface area (Å²) in [6, 6.07) is 8.90. The van der Waals surface area contributed by atoms with E-state index >= 15 is 0 Å². The lowest BCUT2D eigenvalue weighted by Gasteiger charge is -1.96. The van der Waals surface area contributed by atoms with Gasteiger partial charge in [-0.2, -0.15) is 5.10 Å². The fraction of sp³-hybridized carbons (Fsp3) is 0.200. The van der Waals surface area contributed by atoms with E-state index < -0.39 is 5.91 Å². The van der Waals surface area contributed by atoms with Crippen LogP contribution < -0.4 is 0 Å². The smallest absolute Gasteiger partial charge is 0.315 e. The zero-order valence-electron chi connectivity index (χ0n) is 12.2. The van der Waals surface area contributed by atoms with Crippen molar-refractivity contribution < 1.29 is 9.90 Å². The van der Waals surface area contributed by atoms with E-state index in [4.69, 9.17) is 0 Å². The van der Waals surface area contributed by atoms with Gasteiger partial charge in [0.15, 0.2) is 11.4 Å². The molecule has 0 unspecified atom stereocenters. The zero-order valence-corrected chi connectivity index (χ0v) is 12.2. The summed E-state index contributed by atoms with van der Waals surface area (Å²) in [5.74, 6) is -0.445. The molecule has 22 heavy (non-hydrogen) atoms. The number of fused-ring (bicyclic) bond motifs is 1. The highest BCUT2D eigenvalue weighted by atomic mass is 16.3. The minimum Gasteiger partial charge on any atom is -0.493 e. The number of benzene rings is 1. The van der Waals surface area contributed by atoms with Crippen LogP contribution in [0.2, 0.25) is 0 Å². The predicted octanol–water partition coefficient (Wildman–Crippen LogP) is 3.64. The van der Waals surface area contributed by atoms with Gasteiger partial charge in [-0.25, -0.2) is 0 Å². The summed E-state index contributed by atoms with van der Waals surface area (Å²) in [6.07, 6.45) is 0. The largest absolute Gasteiger partial charge is 0.493 e. The van der Waals surface area contributed by atoms with Gasteiger partial charge in [0.1, 0.15) is 0 Å². The third-order valence-corrected chi connectivity index (χ3v) is 3.34. The molecule has 0 aliphatic heterocycles. The van der Waals surface area contributed by atoms with Gasteiger partial charge in [-0.3, -0.25) is 9.89 Å². The molecule has 0 bridgehead atoms. The monoisotopic (exact) mass is 297 g/mol. The van der Waals surface area contributed by atoms with E-state index in [2.05, 4.69) is 25.4 Å². The maximum absolute atomic E-state index is 12.0. The fourth-order valence-corrected chi connectivity index (χ4v) is 2.10. The minimum atomic E-state index is -0.562. The summed E-state index contributed by atoms with van der Waals surface area (Å²) in [5.41, 5.74) is 2.02. The van der Waals surface area contributed by atoms with Gasteiger partial charge in [-0.1, -0.05) is 32.0 Å². The predicted molar refractivity (Wildman–Crippen MR) is 81.5 cm³/mol. The molecule has 7 nitrogen and oxygen atoms in total. The lowest BCUT2D eigenvalue weighted by atomic mass is 10.1. The Balaban J connectivity index is 1.89. The van der Waals surface area contributed by atoms with Gasteiger partial charge in [0.25, 0.3) is 0 Å². The molecule has 0 saturated carbocycles. The number of H-pyrrole nitrogens is 2. The van der Waals surface area contributed by atoms with E-state index in [-0.39, 0.29) is 23.2 Å². The molecule has 0 saturated heterocycles. The highest BCUT2D eigenvalue weighted by Gasteiger charge is 2.13. The fourth-order valence-electron chi connectivity index (χ4n) is 2.10. The second kappa shape index (κ2) is 5.44. The Hall–Kier alpha value is -2.96. The molecule has 0 spiro atoms. The number of amides is 1. The molecule has 1 aromatic carbocycles. The summed E-state index contributed by atoms with van der Waals surface area (Å²) in [6.45, 7) is 3.99. The summed E-state index contributed by atoms with van der Waals surface area (Å²) < 4.78 is 0. The Labute approximate surface area is 126 Å². The van der Waals surface area contributed by atoms with Crippen LogP contribution in [0.25, 0.3) is 10.9 Å². The van der Waals surface area contributed by atoms with Crippen molar-refractivity contribution in [1.29, 1.82) is 0 Å². The van der Waals surface area contributed by atoms with Crippen molar-refractivity contribution in [3.8, 4) is 5.88 Å². The molecular formula is C15H15N5O2. The Morgan fingerprint density at radius 3 is 2.82 bits per heavy atom. The molecule has 1 amide bonds. The van der Waals surface area contributed by atoms with Crippen molar-refractivity contribution >= 4 is 22.5 Å². The second-order valence-electron chi connectivity index (χ2n) is 5.24. The van der Waals surface area contributed by atoms with Crippen LogP contribution in [0.4, 0.5) is 5.69 Å². The normalized spacial score (nSPS) is 11.8. The minimum absolute atomic E-state index is 0.123. The number of rotatable bonds is 3. The first-order chi connectivity index (χ1) is 10.6. The first-order valence-corrected chi connectivity index (χ1v) is 6.87. The molecule has 3 rings (SSSR count). The van der Waals surface area contributed by atoms with Crippen molar-refractivity contribution in [3.05, 3.63) is 41.7 Å². The van der Waals surface area contributed by atoms with E-state index in [0.717, 1.165) is 11.2 Å². The topological polar surface area (TPSA) is 106 Å². The molecule has 0 aliphatic rings. The van der Waals surface area contributed by atoms with Crippen LogP contribution in [0.15, 0.2) is 40.6 Å². The van der Waals surface area contributed by atoms with Crippen molar-refractivity contribution in [2.45, 2.75) is 19.8 Å². The van der Waals surface area contributed by atoms with Crippen LogP contribution >= 0.6 is 0 Å². The molecule has 3 N–H and O–H groups in total. The van der Waals surface area contributed by atoms with Crippen LogP contribution in [0.3, 0.4) is 0 Å². The summed E-state index contributed by atoms with van der Waals surface area (Å²) in [7, 11) is 0. The third kappa shape index (κ3) is 2.48. The Morgan fingerprint density at radius 2 is 2.09 bits per heavy atom. The molecule has 0 fully saturated rings. The summed E-state index contributed by atoms with van der Waals surface area (Å²) in [5, 5.41) is 24.8. The van der Waals surface area contributed by atoms with Gasteiger partial charge in [0, 0.05) is 11.1 Å². The third-order valence-electron chi connectivity index (χ3n) is 3.34. The average molecular weight is 297 g/mol. The zero-order chi connectivity index (χ0) is 15.7. The molecular weight excluding hydrogens is 282 g/mol. The Bertz CT molecular complexity index is 860. The summed E-state index contributed by atoms with van der Waals surface area (Å²) in [4.78, 5) is 14.8. The quantitative estimate of drug-likeness (QED) is 0.642. The van der Waals surface area contributed by atoms with Crippen molar-refractivity contribution in [1.82, 2.24) is 15.2 Å². The number of para-hydroxylation sites is 1. The van der Waals surface area contributed by atoms with E-state index in [1.54, 1.807) is 18.2 Å². The van der Waals surface area contributed by atoms with Gasteiger partial charge in [-0.05, 0) is 18.1 Å². The number of hydrogen-bond donors (Lipinski definition) is 3.